The Hall–Kier alpha value is -4.63. The van der Waals surface area contributed by atoms with Crippen LogP contribution < -0.4 is 4.74 Å². The molecule has 5 aromatic carbocycles. The van der Waals surface area contributed by atoms with Crippen LogP contribution in [0.5, 0.6) is 11.5 Å². The van der Waals surface area contributed by atoms with E-state index in [4.69, 9.17) is 4.74 Å². The minimum atomic E-state index is 0.854. The zero-order valence-corrected chi connectivity index (χ0v) is 18.2. The Bertz CT molecular complexity index is 1950. The molecule has 1 aliphatic heterocycles. The maximum Gasteiger partial charge on any atom is 0.138 e. The van der Waals surface area contributed by atoms with Crippen LogP contribution in [0.15, 0.2) is 109 Å². The Morgan fingerprint density at radius 2 is 1.47 bits per heavy atom. The zero-order chi connectivity index (χ0) is 22.2. The molecule has 8 rings (SSSR count). The van der Waals surface area contributed by atoms with E-state index in [0.717, 1.165) is 28.1 Å². The van der Waals surface area contributed by atoms with Gasteiger partial charge in [0.05, 0.1) is 11.0 Å². The minimum Gasteiger partial charge on any atom is -0.456 e. The summed E-state index contributed by atoms with van der Waals surface area (Å²) in [4.78, 5) is 4.36. The summed E-state index contributed by atoms with van der Waals surface area (Å²) < 4.78 is 8.83. The second-order valence-electron chi connectivity index (χ2n) is 8.86. The second kappa shape index (κ2) is 6.46. The van der Waals surface area contributed by atoms with Crippen molar-refractivity contribution in [3.63, 3.8) is 0 Å². The minimum absolute atomic E-state index is 0.854. The van der Waals surface area contributed by atoms with Crippen LogP contribution in [0.2, 0.25) is 0 Å². The van der Waals surface area contributed by atoms with Gasteiger partial charge in [0.1, 0.15) is 11.5 Å². The standard InChI is InChI=1S/C31H18N2O/c1-2-7-20-16-21(13-12-19(20)6-1)33-27-11-4-3-8-22(27)25-17-29-30-23(9-5-10-24(30)31(25)33)26-18-32-15-14-28(26)34-29/h1-18H. The van der Waals surface area contributed by atoms with E-state index in [1.807, 2.05) is 12.3 Å². The number of rotatable bonds is 1. The van der Waals surface area contributed by atoms with Gasteiger partial charge in [0.2, 0.25) is 0 Å². The molecule has 0 fully saturated rings. The summed E-state index contributed by atoms with van der Waals surface area (Å²) in [5, 5.41) is 7.22. The molecule has 1 aliphatic rings. The summed E-state index contributed by atoms with van der Waals surface area (Å²) in [6.45, 7) is 0. The van der Waals surface area contributed by atoms with Gasteiger partial charge in [0.25, 0.3) is 0 Å². The molecule has 2 aromatic heterocycles. The number of ether oxygens (including phenoxy) is 1. The molecule has 158 valence electrons. The summed E-state index contributed by atoms with van der Waals surface area (Å²) in [5.74, 6) is 1.76. The lowest BCUT2D eigenvalue weighted by atomic mass is 9.94. The van der Waals surface area contributed by atoms with Crippen LogP contribution in [-0.2, 0) is 0 Å². The highest BCUT2D eigenvalue weighted by molar-refractivity contribution is 6.23. The quantitative estimate of drug-likeness (QED) is 0.260. The SMILES string of the molecule is c1ccc2cc(-n3c4ccccc4c4cc5c6c(cccc6c43)-c3cnccc3O5)ccc2c1. The molecule has 7 aromatic rings. The molecule has 0 saturated heterocycles. The Morgan fingerprint density at radius 1 is 0.618 bits per heavy atom. The lowest BCUT2D eigenvalue weighted by Crippen LogP contribution is -1.99. The summed E-state index contributed by atoms with van der Waals surface area (Å²) in [7, 11) is 0. The molecule has 0 radical (unpaired) electrons. The number of fused-ring (bicyclic) bond motifs is 7. The average Bonchev–Trinajstić information content (AvgIpc) is 3.23. The molecule has 3 heteroatoms. The highest BCUT2D eigenvalue weighted by Gasteiger charge is 2.24. The van der Waals surface area contributed by atoms with Crippen LogP contribution >= 0.6 is 0 Å². The van der Waals surface area contributed by atoms with Crippen molar-refractivity contribution in [2.24, 2.45) is 0 Å². The van der Waals surface area contributed by atoms with Gasteiger partial charge in [-0.1, -0.05) is 66.7 Å². The maximum atomic E-state index is 6.43. The van der Waals surface area contributed by atoms with E-state index < -0.39 is 0 Å². The molecule has 0 N–H and O–H groups in total. The average molecular weight is 434 g/mol. The first-order chi connectivity index (χ1) is 16.9. The lowest BCUT2D eigenvalue weighted by Gasteiger charge is -2.21. The Morgan fingerprint density at radius 3 is 2.44 bits per heavy atom. The molecular weight excluding hydrogens is 416 g/mol. The molecule has 3 nitrogen and oxygen atoms in total. The number of aromatic nitrogens is 2. The number of para-hydroxylation sites is 1. The number of nitrogens with zero attached hydrogens (tertiary/aromatic N) is 2. The molecule has 0 unspecified atom stereocenters. The second-order valence-corrected chi connectivity index (χ2v) is 8.86. The van der Waals surface area contributed by atoms with E-state index in [9.17, 15) is 0 Å². The van der Waals surface area contributed by atoms with Crippen molar-refractivity contribution in [3.05, 3.63) is 109 Å². The summed E-state index contributed by atoms with van der Waals surface area (Å²) >= 11 is 0. The van der Waals surface area contributed by atoms with Crippen LogP contribution in [-0.4, -0.2) is 9.55 Å². The molecule has 0 spiro atoms. The van der Waals surface area contributed by atoms with Gasteiger partial charge in [0.15, 0.2) is 0 Å². The zero-order valence-electron chi connectivity index (χ0n) is 18.2. The number of hydrogen-bond donors (Lipinski definition) is 0. The lowest BCUT2D eigenvalue weighted by molar-refractivity contribution is 0.487. The van der Waals surface area contributed by atoms with E-state index in [-0.39, 0.29) is 0 Å². The smallest absolute Gasteiger partial charge is 0.138 e. The van der Waals surface area contributed by atoms with Crippen molar-refractivity contribution in [2.45, 2.75) is 0 Å². The highest BCUT2D eigenvalue weighted by Crippen LogP contribution is 2.50. The van der Waals surface area contributed by atoms with Crippen molar-refractivity contribution in [3.8, 4) is 28.3 Å². The predicted molar refractivity (Wildman–Crippen MR) is 139 cm³/mol. The van der Waals surface area contributed by atoms with Crippen molar-refractivity contribution >= 4 is 43.4 Å². The van der Waals surface area contributed by atoms with Crippen molar-refractivity contribution in [1.29, 1.82) is 0 Å². The van der Waals surface area contributed by atoms with Gasteiger partial charge in [-0.2, -0.15) is 0 Å². The first-order valence-electron chi connectivity index (χ1n) is 11.5. The van der Waals surface area contributed by atoms with Crippen molar-refractivity contribution < 1.29 is 4.74 Å². The normalized spacial score (nSPS) is 12.4. The fraction of sp³-hybridized carbons (Fsp3) is 0. The largest absolute Gasteiger partial charge is 0.456 e. The molecule has 0 amide bonds. The number of pyridine rings is 1. The van der Waals surface area contributed by atoms with Crippen LogP contribution in [0.1, 0.15) is 0 Å². The summed E-state index contributed by atoms with van der Waals surface area (Å²) in [6, 6.07) is 34.6. The van der Waals surface area contributed by atoms with Gasteiger partial charge < -0.3 is 9.30 Å². The van der Waals surface area contributed by atoms with Crippen LogP contribution in [0.3, 0.4) is 0 Å². The van der Waals surface area contributed by atoms with E-state index in [1.165, 1.54) is 43.5 Å². The van der Waals surface area contributed by atoms with E-state index in [0.29, 0.717) is 0 Å². The molecule has 0 saturated carbocycles. The number of benzene rings is 5. The van der Waals surface area contributed by atoms with Gasteiger partial charge in [-0.15, -0.1) is 0 Å². The summed E-state index contributed by atoms with van der Waals surface area (Å²) in [5.41, 5.74) is 5.75. The van der Waals surface area contributed by atoms with E-state index in [1.54, 1.807) is 6.20 Å². The van der Waals surface area contributed by atoms with Crippen LogP contribution in [0.25, 0.3) is 60.2 Å². The first kappa shape index (κ1) is 17.9. The maximum absolute atomic E-state index is 6.43. The van der Waals surface area contributed by atoms with Crippen molar-refractivity contribution in [1.82, 2.24) is 9.55 Å². The van der Waals surface area contributed by atoms with Gasteiger partial charge in [-0.3, -0.25) is 4.98 Å². The molecule has 0 atom stereocenters. The summed E-state index contributed by atoms with van der Waals surface area (Å²) in [6.07, 6.45) is 3.68. The van der Waals surface area contributed by atoms with Gasteiger partial charge in [-0.25, -0.2) is 0 Å². The third kappa shape index (κ3) is 2.28. The first-order valence-corrected chi connectivity index (χ1v) is 11.5. The Labute approximate surface area is 195 Å². The monoisotopic (exact) mass is 434 g/mol. The molecule has 0 bridgehead atoms. The molecule has 0 aliphatic carbocycles. The van der Waals surface area contributed by atoms with E-state index >= 15 is 0 Å². The Kier molecular flexibility index (Phi) is 3.39. The third-order valence-corrected chi connectivity index (χ3v) is 7.04. The highest BCUT2D eigenvalue weighted by atomic mass is 16.5. The topological polar surface area (TPSA) is 27.1 Å². The fourth-order valence-corrected chi connectivity index (χ4v) is 5.58. The van der Waals surface area contributed by atoms with Crippen LogP contribution in [0.4, 0.5) is 0 Å². The molecular formula is C31H18N2O. The molecule has 34 heavy (non-hydrogen) atoms. The van der Waals surface area contributed by atoms with Gasteiger partial charge in [-0.05, 0) is 46.7 Å². The Balaban J connectivity index is 1.57. The molecule has 3 heterocycles. The predicted octanol–water partition coefficient (Wildman–Crippen LogP) is 8.26. The third-order valence-electron chi connectivity index (χ3n) is 7.04. The van der Waals surface area contributed by atoms with Crippen LogP contribution in [0, 0.1) is 0 Å². The van der Waals surface area contributed by atoms with Crippen molar-refractivity contribution in [2.75, 3.05) is 0 Å². The fourth-order valence-electron chi connectivity index (χ4n) is 5.58. The number of hydrogen-bond acceptors (Lipinski definition) is 2. The van der Waals surface area contributed by atoms with Gasteiger partial charge in [0, 0.05) is 45.2 Å². The van der Waals surface area contributed by atoms with E-state index in [2.05, 4.69) is 101 Å². The van der Waals surface area contributed by atoms with Gasteiger partial charge >= 0.3 is 0 Å².